The number of benzene rings is 1. The lowest BCUT2D eigenvalue weighted by Crippen LogP contribution is -2.36. The van der Waals surface area contributed by atoms with Crippen LogP contribution in [0.25, 0.3) is 0 Å². The van der Waals surface area contributed by atoms with E-state index in [9.17, 15) is 14.0 Å². The zero-order valence-electron chi connectivity index (χ0n) is 9.57. The molecule has 1 heterocycles. The van der Waals surface area contributed by atoms with Crippen LogP contribution >= 0.6 is 0 Å². The van der Waals surface area contributed by atoms with Gasteiger partial charge in [-0.3, -0.25) is 9.59 Å². The maximum atomic E-state index is 12.7. The van der Waals surface area contributed by atoms with E-state index in [2.05, 4.69) is 15.8 Å². The van der Waals surface area contributed by atoms with Gasteiger partial charge in [0.15, 0.2) is 0 Å². The van der Waals surface area contributed by atoms with Crippen molar-refractivity contribution in [3.8, 4) is 0 Å². The number of hydrogen-bond acceptors (Lipinski definition) is 3. The smallest absolute Gasteiger partial charge is 0.267 e. The molecular formula is C12H12FN3O2. The average Bonchev–Trinajstić information content (AvgIpc) is 2.38. The van der Waals surface area contributed by atoms with Crippen molar-refractivity contribution in [2.75, 3.05) is 0 Å². The summed E-state index contributed by atoms with van der Waals surface area (Å²) in [6.45, 7) is 0.298. The molecule has 0 saturated heterocycles. The molecular weight excluding hydrogens is 237 g/mol. The average molecular weight is 249 g/mol. The van der Waals surface area contributed by atoms with Crippen LogP contribution < -0.4 is 10.7 Å². The zero-order valence-corrected chi connectivity index (χ0v) is 9.57. The topological polar surface area (TPSA) is 70.6 Å². The van der Waals surface area contributed by atoms with Crippen molar-refractivity contribution in [3.05, 3.63) is 35.6 Å². The first-order valence-corrected chi connectivity index (χ1v) is 5.53. The molecule has 2 rings (SSSR count). The Labute approximate surface area is 103 Å². The fourth-order valence-corrected chi connectivity index (χ4v) is 1.52. The van der Waals surface area contributed by atoms with Gasteiger partial charge in [-0.15, -0.1) is 0 Å². The minimum absolute atomic E-state index is 0.190. The van der Waals surface area contributed by atoms with Crippen LogP contribution in [0.2, 0.25) is 0 Å². The molecule has 0 fully saturated rings. The molecule has 0 saturated carbocycles. The van der Waals surface area contributed by atoms with E-state index in [1.54, 1.807) is 12.1 Å². The molecule has 2 N–H and O–H groups in total. The van der Waals surface area contributed by atoms with Gasteiger partial charge in [0, 0.05) is 19.4 Å². The molecule has 0 bridgehead atoms. The van der Waals surface area contributed by atoms with Gasteiger partial charge in [-0.2, -0.15) is 5.10 Å². The molecule has 1 aromatic rings. The van der Waals surface area contributed by atoms with E-state index in [4.69, 9.17) is 0 Å². The second kappa shape index (κ2) is 5.39. The third-order valence-corrected chi connectivity index (χ3v) is 2.53. The lowest BCUT2D eigenvalue weighted by molar-refractivity contribution is -0.121. The second-order valence-electron chi connectivity index (χ2n) is 3.90. The van der Waals surface area contributed by atoms with E-state index >= 15 is 0 Å². The van der Waals surface area contributed by atoms with E-state index in [0.29, 0.717) is 18.7 Å². The first-order valence-electron chi connectivity index (χ1n) is 5.53. The Morgan fingerprint density at radius 3 is 2.67 bits per heavy atom. The Bertz CT molecular complexity index is 497. The maximum absolute atomic E-state index is 12.7. The highest BCUT2D eigenvalue weighted by Crippen LogP contribution is 2.03. The third-order valence-electron chi connectivity index (χ3n) is 2.53. The maximum Gasteiger partial charge on any atom is 0.267 e. The monoisotopic (exact) mass is 249 g/mol. The number of hydrogen-bond donors (Lipinski definition) is 2. The summed E-state index contributed by atoms with van der Waals surface area (Å²) in [6.07, 6.45) is 0.601. The molecule has 0 aliphatic carbocycles. The molecule has 6 heteroatoms. The largest absolute Gasteiger partial charge is 0.347 e. The molecule has 0 radical (unpaired) electrons. The van der Waals surface area contributed by atoms with Crippen molar-refractivity contribution < 1.29 is 14.0 Å². The van der Waals surface area contributed by atoms with Crippen molar-refractivity contribution >= 4 is 17.5 Å². The Morgan fingerprint density at radius 2 is 2.06 bits per heavy atom. The highest BCUT2D eigenvalue weighted by molar-refractivity contribution is 6.39. The molecule has 1 aliphatic heterocycles. The number of carbonyl (C=O) groups excluding carboxylic acids is 2. The Hall–Kier alpha value is -2.24. The number of halogens is 1. The first-order chi connectivity index (χ1) is 8.65. The standard InChI is InChI=1S/C12H12FN3O2/c13-9-3-1-8(2-4-9)7-14-12(18)10-5-6-11(17)16-15-10/h1-4H,5-7H2,(H,14,18)(H,16,17). The van der Waals surface area contributed by atoms with Crippen LogP contribution in [0.1, 0.15) is 18.4 Å². The van der Waals surface area contributed by atoms with Crippen molar-refractivity contribution in [2.24, 2.45) is 5.10 Å². The summed E-state index contributed by atoms with van der Waals surface area (Å²) in [4.78, 5) is 22.5. The number of carbonyl (C=O) groups is 2. The summed E-state index contributed by atoms with van der Waals surface area (Å²) >= 11 is 0. The van der Waals surface area contributed by atoms with Crippen molar-refractivity contribution in [3.63, 3.8) is 0 Å². The summed E-state index contributed by atoms with van der Waals surface area (Å²) in [5, 5.41) is 6.34. The van der Waals surface area contributed by atoms with Crippen LogP contribution in [-0.4, -0.2) is 17.5 Å². The lowest BCUT2D eigenvalue weighted by atomic mass is 10.1. The number of amides is 2. The van der Waals surface area contributed by atoms with E-state index in [1.807, 2.05) is 0 Å². The molecule has 94 valence electrons. The van der Waals surface area contributed by atoms with Crippen LogP contribution in [0.15, 0.2) is 29.4 Å². The molecule has 0 spiro atoms. The van der Waals surface area contributed by atoms with Crippen LogP contribution in [-0.2, 0) is 16.1 Å². The number of nitrogens with zero attached hydrogens (tertiary/aromatic N) is 1. The van der Waals surface area contributed by atoms with Crippen LogP contribution in [0, 0.1) is 5.82 Å². The van der Waals surface area contributed by atoms with Gasteiger partial charge in [-0.25, -0.2) is 9.82 Å². The van der Waals surface area contributed by atoms with Gasteiger partial charge < -0.3 is 5.32 Å². The van der Waals surface area contributed by atoms with Crippen molar-refractivity contribution in [2.45, 2.75) is 19.4 Å². The second-order valence-corrected chi connectivity index (χ2v) is 3.90. The Morgan fingerprint density at radius 1 is 1.33 bits per heavy atom. The Balaban J connectivity index is 1.88. The highest BCUT2D eigenvalue weighted by Gasteiger charge is 2.17. The van der Waals surface area contributed by atoms with Gasteiger partial charge >= 0.3 is 0 Å². The molecule has 0 aromatic heterocycles. The van der Waals surface area contributed by atoms with Gasteiger partial charge in [0.25, 0.3) is 5.91 Å². The van der Waals surface area contributed by atoms with Crippen molar-refractivity contribution in [1.29, 1.82) is 0 Å². The fraction of sp³-hybridized carbons (Fsp3) is 0.250. The predicted molar refractivity (Wildman–Crippen MR) is 63.1 cm³/mol. The lowest BCUT2D eigenvalue weighted by Gasteiger charge is -2.11. The van der Waals surface area contributed by atoms with E-state index < -0.39 is 0 Å². The first kappa shape index (κ1) is 12.2. The van der Waals surface area contributed by atoms with Crippen LogP contribution in [0.4, 0.5) is 4.39 Å². The molecule has 18 heavy (non-hydrogen) atoms. The predicted octanol–water partition coefficient (Wildman–Crippen LogP) is 0.708. The minimum Gasteiger partial charge on any atom is -0.347 e. The third kappa shape index (κ3) is 3.13. The molecule has 1 aromatic carbocycles. The minimum atomic E-state index is -0.320. The summed E-state index contributed by atoms with van der Waals surface area (Å²) in [5.74, 6) is -0.825. The molecule has 2 amide bonds. The van der Waals surface area contributed by atoms with Crippen molar-refractivity contribution in [1.82, 2.24) is 10.7 Å². The fourth-order valence-electron chi connectivity index (χ4n) is 1.52. The number of hydrazone groups is 1. The van der Waals surface area contributed by atoms with Crippen LogP contribution in [0.5, 0.6) is 0 Å². The quantitative estimate of drug-likeness (QED) is 0.828. The van der Waals surface area contributed by atoms with Crippen LogP contribution in [0.3, 0.4) is 0 Å². The molecule has 0 unspecified atom stereocenters. The summed E-state index contributed by atoms with van der Waals surface area (Å²) in [6, 6.07) is 5.86. The number of nitrogens with one attached hydrogen (secondary N) is 2. The number of rotatable bonds is 3. The highest BCUT2D eigenvalue weighted by atomic mass is 19.1. The SMILES string of the molecule is O=C1CCC(C(=O)NCc2ccc(F)cc2)=NN1. The molecule has 5 nitrogen and oxygen atoms in total. The molecule has 1 aliphatic rings. The Kier molecular flexibility index (Phi) is 3.66. The summed E-state index contributed by atoms with van der Waals surface area (Å²) in [7, 11) is 0. The van der Waals surface area contributed by atoms with E-state index in [1.165, 1.54) is 12.1 Å². The van der Waals surface area contributed by atoms with Gasteiger partial charge in [0.1, 0.15) is 11.5 Å². The summed E-state index contributed by atoms with van der Waals surface area (Å²) < 4.78 is 12.7. The van der Waals surface area contributed by atoms with Gasteiger partial charge in [0.05, 0.1) is 0 Å². The summed E-state index contributed by atoms with van der Waals surface area (Å²) in [5.41, 5.74) is 3.36. The zero-order chi connectivity index (χ0) is 13.0. The van der Waals surface area contributed by atoms with Gasteiger partial charge in [-0.1, -0.05) is 12.1 Å². The van der Waals surface area contributed by atoms with E-state index in [0.717, 1.165) is 5.56 Å². The normalized spacial score (nSPS) is 14.7. The van der Waals surface area contributed by atoms with E-state index in [-0.39, 0.29) is 24.1 Å². The van der Waals surface area contributed by atoms with Gasteiger partial charge in [-0.05, 0) is 17.7 Å². The molecule has 0 atom stereocenters. The van der Waals surface area contributed by atoms with Gasteiger partial charge in [0.2, 0.25) is 5.91 Å².